The van der Waals surface area contributed by atoms with Gasteiger partial charge in [-0.3, -0.25) is 4.79 Å². The fourth-order valence-corrected chi connectivity index (χ4v) is 2.26. The molecule has 128 valence electrons. The summed E-state index contributed by atoms with van der Waals surface area (Å²) in [6.45, 7) is 3.42. The number of carboxylic acid groups (broad SMARTS) is 1. The maximum absolute atomic E-state index is 12.2. The van der Waals surface area contributed by atoms with Crippen molar-refractivity contribution in [2.75, 3.05) is 19.5 Å². The summed E-state index contributed by atoms with van der Waals surface area (Å²) in [5.41, 5.74) is 1.11. The highest BCUT2D eigenvalue weighted by atomic mass is 16.5. The fraction of sp³-hybridized carbons (Fsp3) is 0.312. The van der Waals surface area contributed by atoms with Gasteiger partial charge in [-0.05, 0) is 19.9 Å². The van der Waals surface area contributed by atoms with Crippen molar-refractivity contribution in [3.05, 3.63) is 34.7 Å². The monoisotopic (exact) mass is 333 g/mol. The highest BCUT2D eigenvalue weighted by Gasteiger charge is 2.17. The number of hydrogen-bond donors (Lipinski definition) is 1. The molecule has 1 N–H and O–H groups in total. The minimum Gasteiger partial charge on any atom is -0.545 e. The number of aromatic carboxylic acids is 1. The number of ether oxygens (including phenoxy) is 2. The highest BCUT2D eigenvalue weighted by Crippen LogP contribution is 2.33. The number of aryl methyl sites for hydroxylation is 2. The van der Waals surface area contributed by atoms with Crippen molar-refractivity contribution in [3.63, 3.8) is 0 Å². The summed E-state index contributed by atoms with van der Waals surface area (Å²) >= 11 is 0. The van der Waals surface area contributed by atoms with Crippen molar-refractivity contribution < 1.29 is 28.7 Å². The molecule has 24 heavy (non-hydrogen) atoms. The summed E-state index contributed by atoms with van der Waals surface area (Å²) in [6, 6.07) is 2.61. The molecule has 0 spiro atoms. The first-order valence-electron chi connectivity index (χ1n) is 7.06. The van der Waals surface area contributed by atoms with E-state index in [2.05, 4.69) is 10.5 Å². The van der Waals surface area contributed by atoms with E-state index < -0.39 is 11.9 Å². The molecule has 1 heterocycles. The molecule has 1 aromatic carbocycles. The third-order valence-electron chi connectivity index (χ3n) is 3.54. The zero-order valence-electron chi connectivity index (χ0n) is 13.8. The number of carbonyl (C=O) groups is 2. The SMILES string of the molecule is COc1cc(NC(=O)Cc2c(C)noc2C)c(C(=O)[O-])cc1OC. The lowest BCUT2D eigenvalue weighted by Gasteiger charge is -2.16. The zero-order chi connectivity index (χ0) is 17.9. The predicted octanol–water partition coefficient (Wildman–Crippen LogP) is 0.853. The molecule has 0 saturated heterocycles. The van der Waals surface area contributed by atoms with Gasteiger partial charge in [-0.2, -0.15) is 0 Å². The Hall–Kier alpha value is -3.03. The topological polar surface area (TPSA) is 114 Å². The number of carbonyl (C=O) groups excluding carboxylic acids is 2. The van der Waals surface area contributed by atoms with Gasteiger partial charge in [-0.25, -0.2) is 0 Å². The van der Waals surface area contributed by atoms with Crippen LogP contribution in [0.2, 0.25) is 0 Å². The van der Waals surface area contributed by atoms with E-state index in [1.807, 2.05) is 0 Å². The highest BCUT2D eigenvalue weighted by molar-refractivity contribution is 6.01. The van der Waals surface area contributed by atoms with Gasteiger partial charge in [0, 0.05) is 17.2 Å². The van der Waals surface area contributed by atoms with E-state index in [1.54, 1.807) is 13.8 Å². The molecule has 0 aliphatic heterocycles. The number of hydrogen-bond acceptors (Lipinski definition) is 7. The number of nitrogens with zero attached hydrogens (tertiary/aromatic N) is 1. The molecular weight excluding hydrogens is 316 g/mol. The molecular formula is C16H17N2O6-. The van der Waals surface area contributed by atoms with Crippen LogP contribution in [0, 0.1) is 13.8 Å². The summed E-state index contributed by atoms with van der Waals surface area (Å²) in [6.07, 6.45) is 0.00198. The average Bonchev–Trinajstić information content (AvgIpc) is 2.85. The quantitative estimate of drug-likeness (QED) is 0.833. The van der Waals surface area contributed by atoms with E-state index in [0.29, 0.717) is 17.0 Å². The van der Waals surface area contributed by atoms with Gasteiger partial charge in [0.25, 0.3) is 0 Å². The molecule has 8 nitrogen and oxygen atoms in total. The van der Waals surface area contributed by atoms with Crippen LogP contribution in [-0.2, 0) is 11.2 Å². The Morgan fingerprint density at radius 1 is 1.21 bits per heavy atom. The molecule has 1 aromatic heterocycles. The molecule has 0 radical (unpaired) electrons. The predicted molar refractivity (Wildman–Crippen MR) is 82.2 cm³/mol. The molecule has 2 rings (SSSR count). The first-order chi connectivity index (χ1) is 11.4. The Kier molecular flexibility index (Phi) is 5.08. The number of nitrogens with one attached hydrogen (secondary N) is 1. The summed E-state index contributed by atoms with van der Waals surface area (Å²) in [7, 11) is 2.79. The van der Waals surface area contributed by atoms with E-state index in [-0.39, 0.29) is 29.2 Å². The van der Waals surface area contributed by atoms with Gasteiger partial charge in [0.2, 0.25) is 5.91 Å². The Morgan fingerprint density at radius 3 is 2.33 bits per heavy atom. The van der Waals surface area contributed by atoms with Gasteiger partial charge < -0.3 is 29.2 Å². The summed E-state index contributed by atoms with van der Waals surface area (Å²) in [5.74, 6) is -0.812. The molecule has 2 aromatic rings. The van der Waals surface area contributed by atoms with Crippen LogP contribution >= 0.6 is 0 Å². The normalized spacial score (nSPS) is 10.3. The Labute approximate surface area is 138 Å². The number of rotatable bonds is 6. The standard InChI is InChI=1S/C16H18N2O6/c1-8-10(9(2)24-18-8)6-15(19)17-12-7-14(23-4)13(22-3)5-11(12)16(20)21/h5,7H,6H2,1-4H3,(H,17,19)(H,20,21)/p-1. The second-order valence-electron chi connectivity index (χ2n) is 5.07. The molecule has 0 aliphatic rings. The summed E-state index contributed by atoms with van der Waals surface area (Å²) in [4.78, 5) is 23.6. The van der Waals surface area contributed by atoms with Crippen molar-refractivity contribution >= 4 is 17.6 Å². The zero-order valence-corrected chi connectivity index (χ0v) is 13.8. The van der Waals surface area contributed by atoms with Crippen molar-refractivity contribution in [1.82, 2.24) is 5.16 Å². The second-order valence-corrected chi connectivity index (χ2v) is 5.07. The van der Waals surface area contributed by atoms with Crippen molar-refractivity contribution in [2.24, 2.45) is 0 Å². The largest absolute Gasteiger partial charge is 0.545 e. The fourth-order valence-electron chi connectivity index (χ4n) is 2.26. The number of benzene rings is 1. The minimum atomic E-state index is -1.44. The first-order valence-corrected chi connectivity index (χ1v) is 7.06. The lowest BCUT2D eigenvalue weighted by Crippen LogP contribution is -2.25. The van der Waals surface area contributed by atoms with Crippen molar-refractivity contribution in [3.8, 4) is 11.5 Å². The van der Waals surface area contributed by atoms with Crippen molar-refractivity contribution in [1.29, 1.82) is 0 Å². The van der Waals surface area contributed by atoms with Gasteiger partial charge in [0.1, 0.15) is 5.76 Å². The van der Waals surface area contributed by atoms with E-state index in [9.17, 15) is 14.7 Å². The lowest BCUT2D eigenvalue weighted by molar-refractivity contribution is -0.254. The smallest absolute Gasteiger partial charge is 0.229 e. The van der Waals surface area contributed by atoms with Crippen LogP contribution < -0.4 is 19.9 Å². The molecule has 1 amide bonds. The first kappa shape index (κ1) is 17.3. The minimum absolute atomic E-state index is 0.00198. The molecule has 0 aliphatic carbocycles. The van der Waals surface area contributed by atoms with E-state index in [0.717, 1.165) is 0 Å². The van der Waals surface area contributed by atoms with Gasteiger partial charge >= 0.3 is 0 Å². The molecule has 0 atom stereocenters. The number of anilines is 1. The van der Waals surface area contributed by atoms with Crippen molar-refractivity contribution in [2.45, 2.75) is 20.3 Å². The maximum Gasteiger partial charge on any atom is 0.229 e. The Bertz CT molecular complexity index is 762. The Morgan fingerprint density at radius 2 is 1.83 bits per heavy atom. The Balaban J connectivity index is 2.30. The molecule has 0 unspecified atom stereocenters. The molecule has 0 saturated carbocycles. The summed E-state index contributed by atoms with van der Waals surface area (Å²) < 4.78 is 15.2. The third kappa shape index (κ3) is 3.48. The van der Waals surface area contributed by atoms with Crippen LogP contribution in [0.1, 0.15) is 27.4 Å². The molecule has 0 fully saturated rings. The lowest BCUT2D eigenvalue weighted by atomic mass is 10.1. The van der Waals surface area contributed by atoms with Crippen LogP contribution in [0.3, 0.4) is 0 Å². The van der Waals surface area contributed by atoms with Crippen LogP contribution in [0.15, 0.2) is 16.7 Å². The van der Waals surface area contributed by atoms with Gasteiger partial charge in [0.05, 0.1) is 38.0 Å². The average molecular weight is 333 g/mol. The van der Waals surface area contributed by atoms with Gasteiger partial charge in [-0.15, -0.1) is 0 Å². The number of methoxy groups -OCH3 is 2. The van der Waals surface area contributed by atoms with E-state index in [4.69, 9.17) is 14.0 Å². The van der Waals surface area contributed by atoms with Crippen LogP contribution in [0.4, 0.5) is 5.69 Å². The van der Waals surface area contributed by atoms with Gasteiger partial charge in [-0.1, -0.05) is 5.16 Å². The maximum atomic E-state index is 12.2. The summed E-state index contributed by atoms with van der Waals surface area (Å²) in [5, 5.41) is 17.6. The number of carboxylic acids is 1. The van der Waals surface area contributed by atoms with Crippen LogP contribution in [0.5, 0.6) is 11.5 Å². The molecule has 0 bridgehead atoms. The number of amides is 1. The van der Waals surface area contributed by atoms with Crippen LogP contribution in [0.25, 0.3) is 0 Å². The second kappa shape index (κ2) is 7.03. The molecule has 8 heteroatoms. The van der Waals surface area contributed by atoms with Gasteiger partial charge in [0.15, 0.2) is 11.5 Å². The number of aromatic nitrogens is 1. The third-order valence-corrected chi connectivity index (χ3v) is 3.54. The van der Waals surface area contributed by atoms with E-state index in [1.165, 1.54) is 26.4 Å². The van der Waals surface area contributed by atoms with Crippen LogP contribution in [-0.4, -0.2) is 31.3 Å². The van der Waals surface area contributed by atoms with E-state index >= 15 is 0 Å².